The number of unbranched alkanes of at least 4 members (excludes halogenated alkanes) is 3. The summed E-state index contributed by atoms with van der Waals surface area (Å²) in [7, 11) is 0. The molecule has 0 atom stereocenters. The van der Waals surface area contributed by atoms with Gasteiger partial charge in [0.2, 0.25) is 0 Å². The lowest BCUT2D eigenvalue weighted by molar-refractivity contribution is 0.759. The second-order valence-corrected chi connectivity index (χ2v) is 2.67. The molecule has 1 aromatic rings. The Morgan fingerprint density at radius 1 is 1.64 bits per heavy atom. The third-order valence-corrected chi connectivity index (χ3v) is 1.65. The van der Waals surface area contributed by atoms with Crippen molar-refractivity contribution in [3.05, 3.63) is 24.6 Å². The van der Waals surface area contributed by atoms with Crippen LogP contribution in [0.4, 0.5) is 0 Å². The smallest absolute Gasteiger partial charge is 0.106 e. The van der Waals surface area contributed by atoms with Crippen LogP contribution >= 0.6 is 0 Å². The topological polar surface area (TPSA) is 28.7 Å². The molecule has 2 nitrogen and oxygen atoms in total. The minimum absolute atomic E-state index is 0.979. The van der Waals surface area contributed by atoms with Gasteiger partial charge >= 0.3 is 0 Å². The molecule has 0 aliphatic heterocycles. The fourth-order valence-electron chi connectivity index (χ4n) is 0.997. The molecule has 0 saturated carbocycles. The van der Waals surface area contributed by atoms with E-state index < -0.39 is 0 Å². The van der Waals surface area contributed by atoms with Gasteiger partial charge in [-0.2, -0.15) is 0 Å². The first-order valence-corrected chi connectivity index (χ1v) is 4.23. The average molecular weight is 151 g/mol. The molecule has 0 aromatic carbocycles. The van der Waals surface area contributed by atoms with Crippen LogP contribution in [0.1, 0.15) is 32.0 Å². The lowest BCUT2D eigenvalue weighted by Crippen LogP contribution is -1.88. The molecule has 0 saturated heterocycles. The number of rotatable bonds is 5. The Kier molecular flexibility index (Phi) is 3.73. The predicted octanol–water partition coefficient (Wildman–Crippen LogP) is 2.35. The van der Waals surface area contributed by atoms with Gasteiger partial charge in [-0.1, -0.05) is 19.8 Å². The van der Waals surface area contributed by atoms with Crippen molar-refractivity contribution in [2.24, 2.45) is 0 Å². The van der Waals surface area contributed by atoms with E-state index in [1.54, 1.807) is 6.20 Å². The Labute approximate surface area is 68.0 Å². The van der Waals surface area contributed by atoms with E-state index in [9.17, 15) is 0 Å². The van der Waals surface area contributed by atoms with Gasteiger partial charge in [-0.05, 0) is 12.8 Å². The Balaban J connectivity index is 2.04. The summed E-state index contributed by atoms with van der Waals surface area (Å²) in [6.07, 6.45) is 10.7. The molecule has 0 amide bonds. The second kappa shape index (κ2) is 4.94. The van der Waals surface area contributed by atoms with Gasteiger partial charge in [-0.3, -0.25) is 0 Å². The van der Waals surface area contributed by atoms with Gasteiger partial charge in [0.15, 0.2) is 0 Å². The Morgan fingerprint density at radius 2 is 2.55 bits per heavy atom. The number of aromatic amines is 1. The zero-order chi connectivity index (χ0) is 7.94. The van der Waals surface area contributed by atoms with Gasteiger partial charge in [-0.25, -0.2) is 4.98 Å². The average Bonchev–Trinajstić information content (AvgIpc) is 2.50. The first-order chi connectivity index (χ1) is 5.43. The Hall–Kier alpha value is -0.790. The fraction of sp³-hybridized carbons (Fsp3) is 0.556. The number of hydrogen-bond donors (Lipinski definition) is 1. The van der Waals surface area contributed by atoms with Crippen LogP contribution in [0.2, 0.25) is 0 Å². The number of aromatic nitrogens is 2. The van der Waals surface area contributed by atoms with Gasteiger partial charge in [0.1, 0.15) is 5.82 Å². The van der Waals surface area contributed by atoms with Crippen molar-refractivity contribution in [1.29, 1.82) is 0 Å². The summed E-state index contributed by atoms with van der Waals surface area (Å²) in [5, 5.41) is 0. The predicted molar refractivity (Wildman–Crippen MR) is 46.1 cm³/mol. The molecule has 0 aliphatic carbocycles. The van der Waals surface area contributed by atoms with E-state index in [1.165, 1.54) is 19.3 Å². The molecular weight excluding hydrogens is 136 g/mol. The van der Waals surface area contributed by atoms with Gasteiger partial charge in [0.05, 0.1) is 0 Å². The molecule has 0 spiro atoms. The van der Waals surface area contributed by atoms with Crippen molar-refractivity contribution in [3.8, 4) is 0 Å². The maximum Gasteiger partial charge on any atom is 0.106 e. The van der Waals surface area contributed by atoms with Crippen molar-refractivity contribution in [2.45, 2.75) is 32.6 Å². The largest absolute Gasteiger partial charge is 0.349 e. The third kappa shape index (κ3) is 3.21. The summed E-state index contributed by atoms with van der Waals surface area (Å²) < 4.78 is 0. The monoisotopic (exact) mass is 151 g/mol. The molecule has 1 N–H and O–H groups in total. The number of hydrogen-bond acceptors (Lipinski definition) is 1. The summed E-state index contributed by atoms with van der Waals surface area (Å²) in [5.74, 6) is 1.07. The highest BCUT2D eigenvalue weighted by Gasteiger charge is 1.93. The van der Waals surface area contributed by atoms with Crippen LogP contribution in [0.5, 0.6) is 0 Å². The Bertz CT molecular complexity index is 168. The minimum Gasteiger partial charge on any atom is -0.349 e. The van der Waals surface area contributed by atoms with Crippen LogP contribution in [0.15, 0.2) is 12.4 Å². The van der Waals surface area contributed by atoms with E-state index in [-0.39, 0.29) is 0 Å². The zero-order valence-corrected chi connectivity index (χ0v) is 7.01. The molecule has 11 heavy (non-hydrogen) atoms. The van der Waals surface area contributed by atoms with Crippen LogP contribution in [0.25, 0.3) is 0 Å². The SMILES string of the molecule is CCCC[CH]Cc1ncc[nH]1. The molecule has 0 aliphatic rings. The maximum absolute atomic E-state index is 4.13. The molecule has 0 unspecified atom stereocenters. The number of nitrogens with one attached hydrogen (secondary N) is 1. The summed E-state index contributed by atoms with van der Waals surface area (Å²) in [5.41, 5.74) is 0. The third-order valence-electron chi connectivity index (χ3n) is 1.65. The normalized spacial score (nSPS) is 10.3. The second-order valence-electron chi connectivity index (χ2n) is 2.67. The van der Waals surface area contributed by atoms with Crippen molar-refractivity contribution in [3.63, 3.8) is 0 Å². The van der Waals surface area contributed by atoms with Gasteiger partial charge in [0.25, 0.3) is 0 Å². The minimum atomic E-state index is 0.979. The lowest BCUT2D eigenvalue weighted by Gasteiger charge is -1.95. The lowest BCUT2D eigenvalue weighted by atomic mass is 10.1. The molecule has 1 radical (unpaired) electrons. The van der Waals surface area contributed by atoms with Gasteiger partial charge in [-0.15, -0.1) is 0 Å². The molecule has 0 fully saturated rings. The van der Waals surface area contributed by atoms with Gasteiger partial charge in [0, 0.05) is 18.8 Å². The summed E-state index contributed by atoms with van der Waals surface area (Å²) in [6, 6.07) is 0. The van der Waals surface area contributed by atoms with E-state index >= 15 is 0 Å². The zero-order valence-electron chi connectivity index (χ0n) is 7.01. The van der Waals surface area contributed by atoms with E-state index in [0.717, 1.165) is 12.2 Å². The van der Waals surface area contributed by atoms with E-state index in [4.69, 9.17) is 0 Å². The first kappa shape index (κ1) is 8.31. The molecule has 1 rings (SSSR count). The highest BCUT2D eigenvalue weighted by atomic mass is 14.9. The number of imidazole rings is 1. The summed E-state index contributed by atoms with van der Waals surface area (Å²) in [6.45, 7) is 2.21. The first-order valence-electron chi connectivity index (χ1n) is 4.23. The summed E-state index contributed by atoms with van der Waals surface area (Å²) >= 11 is 0. The highest BCUT2D eigenvalue weighted by molar-refractivity contribution is 4.91. The van der Waals surface area contributed by atoms with E-state index in [0.29, 0.717) is 0 Å². The van der Waals surface area contributed by atoms with E-state index in [1.807, 2.05) is 6.20 Å². The Morgan fingerprint density at radius 3 is 3.18 bits per heavy atom. The maximum atomic E-state index is 4.13. The van der Waals surface area contributed by atoms with Crippen LogP contribution in [0, 0.1) is 6.42 Å². The fourth-order valence-corrected chi connectivity index (χ4v) is 0.997. The molecule has 1 heterocycles. The molecule has 61 valence electrons. The highest BCUT2D eigenvalue weighted by Crippen LogP contribution is 2.01. The quantitative estimate of drug-likeness (QED) is 0.643. The van der Waals surface area contributed by atoms with Crippen LogP contribution in [0.3, 0.4) is 0 Å². The number of H-pyrrole nitrogens is 1. The summed E-state index contributed by atoms with van der Waals surface area (Å²) in [4.78, 5) is 7.20. The molecule has 2 heteroatoms. The van der Waals surface area contributed by atoms with Crippen molar-refractivity contribution >= 4 is 0 Å². The molecule has 0 bridgehead atoms. The van der Waals surface area contributed by atoms with Crippen LogP contribution < -0.4 is 0 Å². The van der Waals surface area contributed by atoms with Crippen LogP contribution in [-0.4, -0.2) is 9.97 Å². The van der Waals surface area contributed by atoms with Crippen molar-refractivity contribution in [2.75, 3.05) is 0 Å². The van der Waals surface area contributed by atoms with Gasteiger partial charge < -0.3 is 4.98 Å². The van der Waals surface area contributed by atoms with Crippen molar-refractivity contribution in [1.82, 2.24) is 9.97 Å². The van der Waals surface area contributed by atoms with Crippen LogP contribution in [-0.2, 0) is 6.42 Å². The molecular formula is C9H15N2. The molecule has 1 aromatic heterocycles. The standard InChI is InChI=1S/C9H15N2/c1-2-3-4-5-6-9-10-7-8-11-9/h5,7-8H,2-4,6H2,1H3,(H,10,11). The number of nitrogens with zero attached hydrogens (tertiary/aromatic N) is 1. The van der Waals surface area contributed by atoms with Crippen molar-refractivity contribution < 1.29 is 0 Å². The van der Waals surface area contributed by atoms with E-state index in [2.05, 4.69) is 23.3 Å².